The summed E-state index contributed by atoms with van der Waals surface area (Å²) in [4.78, 5) is 27.2. The normalized spacial score (nSPS) is 21.3. The minimum atomic E-state index is -1.12. The summed E-state index contributed by atoms with van der Waals surface area (Å²) in [5.41, 5.74) is 7.04. The Morgan fingerprint density at radius 3 is 2.60 bits per heavy atom. The fourth-order valence-electron chi connectivity index (χ4n) is 4.25. The average molecular weight is 494 g/mol. The summed E-state index contributed by atoms with van der Waals surface area (Å²) in [6, 6.07) is 15.0. The van der Waals surface area contributed by atoms with E-state index in [0.717, 1.165) is 0 Å². The largest absolute Gasteiger partial charge is 0.490 e. The van der Waals surface area contributed by atoms with Gasteiger partial charge in [-0.1, -0.05) is 29.8 Å². The van der Waals surface area contributed by atoms with Gasteiger partial charge in [-0.15, -0.1) is 0 Å². The number of para-hydroxylation sites is 1. The molecular weight excluding hydrogens is 474 g/mol. The number of benzene rings is 2. The highest BCUT2D eigenvalue weighted by atomic mass is 35.5. The maximum absolute atomic E-state index is 13.1. The first-order valence-corrected chi connectivity index (χ1v) is 11.0. The molecule has 3 unspecified atom stereocenters. The number of imide groups is 1. The maximum atomic E-state index is 13.1. The second-order valence-electron chi connectivity index (χ2n) is 7.61. The van der Waals surface area contributed by atoms with Gasteiger partial charge >= 0.3 is 6.03 Å². The zero-order valence-corrected chi connectivity index (χ0v) is 19.3. The van der Waals surface area contributed by atoms with Gasteiger partial charge < -0.3 is 19.9 Å². The third-order valence-corrected chi connectivity index (χ3v) is 5.90. The van der Waals surface area contributed by atoms with Gasteiger partial charge in [0.25, 0.3) is 0 Å². The predicted octanol–water partition coefficient (Wildman–Crippen LogP) is 3.15. The second kappa shape index (κ2) is 9.84. The van der Waals surface area contributed by atoms with Crippen LogP contribution in [0.25, 0.3) is 0 Å². The maximum Gasteiger partial charge on any atom is 0.331 e. The van der Waals surface area contributed by atoms with E-state index in [0.29, 0.717) is 11.3 Å². The lowest BCUT2D eigenvalue weighted by molar-refractivity contribution is -0.131. The monoisotopic (exact) mass is 493 g/mol. The lowest BCUT2D eigenvalue weighted by atomic mass is 9.76. The van der Waals surface area contributed by atoms with Crippen molar-refractivity contribution in [3.63, 3.8) is 0 Å². The number of nitrogens with two attached hydrogens (primary N) is 1. The summed E-state index contributed by atoms with van der Waals surface area (Å²) < 4.78 is 16.9. The highest BCUT2D eigenvalue weighted by Crippen LogP contribution is 2.47. The second-order valence-corrected chi connectivity index (χ2v) is 8.02. The standard InChI is InChI=1S/C24H20ClN5O5/c1-2-33-17-11-13(10-16(25)20(17)34-9-8-26)18-15(12-27)21(28)35-23-19(18)22(31)29-24(32)30(23)14-6-4-3-5-7-14/h3-7,10-11,18-19,23H,2,9,28H2,1H3,(H,29,31,32). The Morgan fingerprint density at radius 1 is 1.20 bits per heavy atom. The van der Waals surface area contributed by atoms with Gasteiger partial charge in [0.05, 0.1) is 17.2 Å². The predicted molar refractivity (Wildman–Crippen MR) is 124 cm³/mol. The van der Waals surface area contributed by atoms with Crippen molar-refractivity contribution in [2.45, 2.75) is 19.1 Å². The summed E-state index contributed by atoms with van der Waals surface area (Å²) in [5.74, 6) is -2.40. The van der Waals surface area contributed by atoms with Crippen molar-refractivity contribution in [1.29, 1.82) is 10.5 Å². The van der Waals surface area contributed by atoms with Gasteiger partial charge in [-0.25, -0.2) is 4.79 Å². The number of nitriles is 2. The zero-order valence-electron chi connectivity index (χ0n) is 18.5. The van der Waals surface area contributed by atoms with Crippen molar-refractivity contribution in [1.82, 2.24) is 5.32 Å². The Labute approximate surface area is 206 Å². The van der Waals surface area contributed by atoms with Gasteiger partial charge in [0.1, 0.15) is 18.1 Å². The van der Waals surface area contributed by atoms with Crippen LogP contribution in [0.15, 0.2) is 53.9 Å². The smallest absolute Gasteiger partial charge is 0.331 e. The number of fused-ring (bicyclic) bond motifs is 1. The molecule has 1 fully saturated rings. The number of halogens is 1. The molecule has 4 rings (SSSR count). The Morgan fingerprint density at radius 2 is 1.94 bits per heavy atom. The molecule has 178 valence electrons. The van der Waals surface area contributed by atoms with Crippen molar-refractivity contribution in [2.24, 2.45) is 11.7 Å². The topological polar surface area (TPSA) is 151 Å². The minimum Gasteiger partial charge on any atom is -0.490 e. The molecule has 11 heteroatoms. The van der Waals surface area contributed by atoms with Gasteiger partial charge in [0, 0.05) is 11.6 Å². The number of allylic oxidation sites excluding steroid dienone is 1. The van der Waals surface area contributed by atoms with Crippen molar-refractivity contribution >= 4 is 29.2 Å². The summed E-state index contributed by atoms with van der Waals surface area (Å²) in [7, 11) is 0. The third kappa shape index (κ3) is 4.27. The number of rotatable bonds is 6. The SMILES string of the molecule is CCOc1cc(C2C(C#N)=C(N)OC3C2C(=O)NC(=O)N3c2ccccc2)cc(Cl)c1OCC#N. The number of hydrogen-bond donors (Lipinski definition) is 2. The number of ether oxygens (including phenoxy) is 3. The first-order chi connectivity index (χ1) is 16.9. The fraction of sp³-hybridized carbons (Fsp3) is 0.250. The molecule has 2 aromatic carbocycles. The van der Waals surface area contributed by atoms with Crippen LogP contribution in [0.3, 0.4) is 0 Å². The van der Waals surface area contributed by atoms with Crippen LogP contribution in [0.2, 0.25) is 5.02 Å². The molecule has 0 bridgehead atoms. The molecule has 0 saturated carbocycles. The van der Waals surface area contributed by atoms with Crippen molar-refractivity contribution in [2.75, 3.05) is 18.1 Å². The van der Waals surface area contributed by atoms with E-state index in [1.54, 1.807) is 43.3 Å². The first kappa shape index (κ1) is 23.7. The Kier molecular flexibility index (Phi) is 6.67. The quantitative estimate of drug-likeness (QED) is 0.622. The summed E-state index contributed by atoms with van der Waals surface area (Å²) in [6.07, 6.45) is -1.12. The minimum absolute atomic E-state index is 0.00738. The molecule has 2 aliphatic rings. The molecule has 3 N–H and O–H groups in total. The number of nitrogens with zero attached hydrogens (tertiary/aromatic N) is 3. The lowest BCUT2D eigenvalue weighted by Gasteiger charge is -2.45. The van der Waals surface area contributed by atoms with Crippen molar-refractivity contribution in [3.05, 3.63) is 64.5 Å². The van der Waals surface area contributed by atoms with E-state index >= 15 is 0 Å². The zero-order chi connectivity index (χ0) is 25.1. The number of urea groups is 1. The molecule has 0 radical (unpaired) electrons. The van der Waals surface area contributed by atoms with E-state index in [9.17, 15) is 14.9 Å². The Hall–Kier alpha value is -4.41. The van der Waals surface area contributed by atoms with Gasteiger partial charge in [0.15, 0.2) is 24.3 Å². The number of carbonyl (C=O) groups is 2. The Bertz CT molecular complexity index is 1280. The average Bonchev–Trinajstić information content (AvgIpc) is 2.83. The van der Waals surface area contributed by atoms with Crippen molar-refractivity contribution in [3.8, 4) is 23.6 Å². The molecule has 2 heterocycles. The molecule has 10 nitrogen and oxygen atoms in total. The van der Waals surface area contributed by atoms with Crippen LogP contribution in [-0.4, -0.2) is 31.4 Å². The molecule has 2 aliphatic heterocycles. The van der Waals surface area contributed by atoms with Gasteiger partial charge in [-0.3, -0.25) is 15.0 Å². The summed E-state index contributed by atoms with van der Waals surface area (Å²) >= 11 is 6.47. The van der Waals surface area contributed by atoms with Crippen LogP contribution < -0.4 is 25.4 Å². The fourth-order valence-corrected chi connectivity index (χ4v) is 4.52. The summed E-state index contributed by atoms with van der Waals surface area (Å²) in [6.45, 7) is 1.77. The molecule has 0 aromatic heterocycles. The molecule has 2 aromatic rings. The third-order valence-electron chi connectivity index (χ3n) is 5.62. The van der Waals surface area contributed by atoms with E-state index in [-0.39, 0.29) is 41.2 Å². The molecule has 3 atom stereocenters. The molecule has 0 spiro atoms. The van der Waals surface area contributed by atoms with Crippen LogP contribution in [-0.2, 0) is 9.53 Å². The van der Waals surface area contributed by atoms with Gasteiger partial charge in [-0.2, -0.15) is 10.5 Å². The van der Waals surface area contributed by atoms with Crippen LogP contribution in [0.5, 0.6) is 11.5 Å². The summed E-state index contributed by atoms with van der Waals surface area (Å²) in [5, 5.41) is 21.3. The highest BCUT2D eigenvalue weighted by Gasteiger charge is 2.52. The van der Waals surface area contributed by atoms with E-state index in [1.165, 1.54) is 11.0 Å². The van der Waals surface area contributed by atoms with Crippen LogP contribution >= 0.6 is 11.6 Å². The molecule has 0 aliphatic carbocycles. The van der Waals surface area contributed by atoms with E-state index in [4.69, 9.17) is 36.8 Å². The molecule has 35 heavy (non-hydrogen) atoms. The molecule has 3 amide bonds. The number of amides is 3. The highest BCUT2D eigenvalue weighted by molar-refractivity contribution is 6.32. The van der Waals surface area contributed by atoms with Crippen molar-refractivity contribution < 1.29 is 23.8 Å². The molecular formula is C24H20ClN5O5. The Balaban J connectivity index is 1.87. The van der Waals surface area contributed by atoms with Crippen LogP contribution in [0.4, 0.5) is 10.5 Å². The lowest BCUT2D eigenvalue weighted by Crippen LogP contribution is -2.64. The van der Waals surface area contributed by atoms with Gasteiger partial charge in [0.2, 0.25) is 11.8 Å². The number of anilines is 1. The number of hydrogen-bond acceptors (Lipinski definition) is 8. The van der Waals surface area contributed by atoms with Crippen LogP contribution in [0.1, 0.15) is 18.4 Å². The van der Waals surface area contributed by atoms with E-state index < -0.39 is 30.0 Å². The van der Waals surface area contributed by atoms with Crippen LogP contribution in [0, 0.1) is 28.6 Å². The van der Waals surface area contributed by atoms with E-state index in [1.807, 2.05) is 12.1 Å². The van der Waals surface area contributed by atoms with E-state index in [2.05, 4.69) is 5.32 Å². The number of carbonyl (C=O) groups excluding carboxylic acids is 2. The number of nitrogens with one attached hydrogen (secondary N) is 1. The van der Waals surface area contributed by atoms with Gasteiger partial charge in [-0.05, 0) is 36.8 Å². The first-order valence-electron chi connectivity index (χ1n) is 10.6. The molecule has 1 saturated heterocycles.